The Kier molecular flexibility index (Phi) is 3.49. The molecule has 0 unspecified atom stereocenters. The topological polar surface area (TPSA) is 63.6 Å². The van der Waals surface area contributed by atoms with Gasteiger partial charge >= 0.3 is 12.6 Å². The molecule has 0 bridgehead atoms. The number of hydrogen-bond donors (Lipinski definition) is 1. The van der Waals surface area contributed by atoms with E-state index in [2.05, 4.69) is 4.74 Å². The van der Waals surface area contributed by atoms with Crippen LogP contribution in [-0.4, -0.2) is 23.5 Å². The van der Waals surface area contributed by atoms with Crippen LogP contribution in [0.3, 0.4) is 0 Å². The van der Waals surface area contributed by atoms with Gasteiger partial charge in [-0.15, -0.1) is 0 Å². The van der Waals surface area contributed by atoms with E-state index in [9.17, 15) is 22.8 Å². The van der Waals surface area contributed by atoms with Crippen LogP contribution in [0.2, 0.25) is 0 Å². The number of carbonyl (C=O) groups excluding carboxylic acids is 1. The lowest BCUT2D eigenvalue weighted by molar-refractivity contribution is -0.131. The van der Waals surface area contributed by atoms with Crippen LogP contribution in [-0.2, 0) is 4.79 Å². The maximum absolute atomic E-state index is 13.1. The Morgan fingerprint density at radius 3 is 2.38 bits per heavy atom. The van der Waals surface area contributed by atoms with Crippen LogP contribution in [0.4, 0.5) is 13.2 Å². The molecule has 0 radical (unpaired) electrons. The SMILES string of the molecule is O=C(O)C(=O)c1ccc(OC(F)F)cc1F. The van der Waals surface area contributed by atoms with E-state index < -0.39 is 35.5 Å². The third kappa shape index (κ3) is 2.72. The summed E-state index contributed by atoms with van der Waals surface area (Å²) in [5.74, 6) is -5.01. The van der Waals surface area contributed by atoms with E-state index >= 15 is 0 Å². The molecule has 0 aliphatic carbocycles. The second kappa shape index (κ2) is 4.65. The maximum Gasteiger partial charge on any atom is 0.387 e. The Bertz CT molecular complexity index is 431. The van der Waals surface area contributed by atoms with Crippen LogP contribution in [0, 0.1) is 5.82 Å². The highest BCUT2D eigenvalue weighted by molar-refractivity contribution is 6.39. The largest absolute Gasteiger partial charge is 0.475 e. The molecule has 0 saturated carbocycles. The minimum absolute atomic E-state index is 0.491. The van der Waals surface area contributed by atoms with E-state index in [1.165, 1.54) is 0 Å². The number of ketones is 1. The highest BCUT2D eigenvalue weighted by Gasteiger charge is 2.19. The van der Waals surface area contributed by atoms with Gasteiger partial charge in [0.05, 0.1) is 5.56 Å². The molecular weight excluding hydrogens is 229 g/mol. The first-order valence-electron chi connectivity index (χ1n) is 3.94. The van der Waals surface area contributed by atoms with Crippen LogP contribution in [0.5, 0.6) is 5.75 Å². The molecule has 4 nitrogen and oxygen atoms in total. The average Bonchev–Trinajstić information content (AvgIpc) is 2.15. The molecule has 0 aliphatic rings. The van der Waals surface area contributed by atoms with Gasteiger partial charge in [0.1, 0.15) is 11.6 Å². The van der Waals surface area contributed by atoms with Gasteiger partial charge in [-0.2, -0.15) is 8.78 Å². The molecule has 1 N–H and O–H groups in total. The molecule has 7 heteroatoms. The van der Waals surface area contributed by atoms with Crippen molar-refractivity contribution in [3.8, 4) is 5.75 Å². The zero-order chi connectivity index (χ0) is 12.3. The van der Waals surface area contributed by atoms with E-state index in [0.717, 1.165) is 12.1 Å². The molecule has 1 rings (SSSR count). The van der Waals surface area contributed by atoms with Gasteiger partial charge in [-0.1, -0.05) is 0 Å². The summed E-state index contributed by atoms with van der Waals surface area (Å²) in [6.07, 6.45) is 0. The molecule has 0 fully saturated rings. The lowest BCUT2D eigenvalue weighted by Gasteiger charge is -2.05. The second-order valence-electron chi connectivity index (χ2n) is 2.65. The first-order chi connectivity index (χ1) is 7.41. The fourth-order valence-corrected chi connectivity index (χ4v) is 0.971. The Morgan fingerprint density at radius 2 is 1.94 bits per heavy atom. The number of ether oxygens (including phenoxy) is 1. The van der Waals surface area contributed by atoms with Crippen molar-refractivity contribution in [3.05, 3.63) is 29.6 Å². The summed E-state index contributed by atoms with van der Waals surface area (Å²) in [6, 6.07) is 2.16. The Labute approximate surface area is 87.3 Å². The molecule has 86 valence electrons. The molecule has 0 spiro atoms. The monoisotopic (exact) mass is 234 g/mol. The van der Waals surface area contributed by atoms with Crippen molar-refractivity contribution in [2.45, 2.75) is 6.61 Å². The smallest absolute Gasteiger partial charge is 0.387 e. The first kappa shape index (κ1) is 12.0. The van der Waals surface area contributed by atoms with E-state index in [4.69, 9.17) is 5.11 Å². The summed E-state index contributed by atoms with van der Waals surface area (Å²) in [7, 11) is 0. The molecular formula is C9H5F3O4. The maximum atomic E-state index is 13.1. The molecule has 0 aliphatic heterocycles. The number of carboxylic acid groups (broad SMARTS) is 1. The third-order valence-electron chi connectivity index (χ3n) is 1.60. The van der Waals surface area contributed by atoms with Crippen LogP contribution < -0.4 is 4.74 Å². The molecule has 1 aromatic rings. The minimum Gasteiger partial charge on any atom is -0.475 e. The quantitative estimate of drug-likeness (QED) is 0.636. The lowest BCUT2D eigenvalue weighted by atomic mass is 10.1. The van der Waals surface area contributed by atoms with Crippen LogP contribution in [0.15, 0.2) is 18.2 Å². The number of rotatable bonds is 4. The van der Waals surface area contributed by atoms with E-state index in [1.807, 2.05) is 0 Å². The zero-order valence-electron chi connectivity index (χ0n) is 7.62. The van der Waals surface area contributed by atoms with Gasteiger partial charge in [0.25, 0.3) is 5.78 Å². The van der Waals surface area contributed by atoms with Crippen molar-refractivity contribution in [2.24, 2.45) is 0 Å². The van der Waals surface area contributed by atoms with Gasteiger partial charge < -0.3 is 9.84 Å². The van der Waals surface area contributed by atoms with Crippen molar-refractivity contribution in [3.63, 3.8) is 0 Å². The summed E-state index contributed by atoms with van der Waals surface area (Å²) < 4.78 is 40.4. The molecule has 16 heavy (non-hydrogen) atoms. The summed E-state index contributed by atoms with van der Waals surface area (Å²) in [5, 5.41) is 8.31. The Hall–Kier alpha value is -2.05. The van der Waals surface area contributed by atoms with Crippen molar-refractivity contribution in [1.29, 1.82) is 0 Å². The summed E-state index contributed by atoms with van der Waals surface area (Å²) in [5.41, 5.74) is -0.714. The van der Waals surface area contributed by atoms with Crippen molar-refractivity contribution >= 4 is 11.8 Å². The van der Waals surface area contributed by atoms with Crippen LogP contribution in [0.1, 0.15) is 10.4 Å². The van der Waals surface area contributed by atoms with Gasteiger partial charge in [-0.05, 0) is 12.1 Å². The number of benzene rings is 1. The predicted octanol–water partition coefficient (Wildman–Crippen LogP) is 1.69. The first-order valence-corrected chi connectivity index (χ1v) is 3.94. The highest BCUT2D eigenvalue weighted by Crippen LogP contribution is 2.19. The van der Waals surface area contributed by atoms with Crippen LogP contribution >= 0.6 is 0 Å². The molecule has 0 heterocycles. The van der Waals surface area contributed by atoms with Gasteiger partial charge in [0.2, 0.25) is 0 Å². The van der Waals surface area contributed by atoms with Gasteiger partial charge in [-0.3, -0.25) is 4.79 Å². The number of aliphatic carboxylic acids is 1. The predicted molar refractivity (Wildman–Crippen MR) is 45.0 cm³/mol. The van der Waals surface area contributed by atoms with Crippen molar-refractivity contribution < 1.29 is 32.6 Å². The number of carbonyl (C=O) groups is 2. The third-order valence-corrected chi connectivity index (χ3v) is 1.60. The van der Waals surface area contributed by atoms with Gasteiger partial charge in [0, 0.05) is 6.07 Å². The summed E-state index contributed by atoms with van der Waals surface area (Å²) in [6.45, 7) is -3.12. The Morgan fingerprint density at radius 1 is 1.31 bits per heavy atom. The zero-order valence-corrected chi connectivity index (χ0v) is 7.62. The summed E-state index contributed by atoms with van der Waals surface area (Å²) >= 11 is 0. The average molecular weight is 234 g/mol. The van der Waals surface area contributed by atoms with Crippen LogP contribution in [0.25, 0.3) is 0 Å². The Balaban J connectivity index is 3.00. The highest BCUT2D eigenvalue weighted by atomic mass is 19.3. The second-order valence-corrected chi connectivity index (χ2v) is 2.65. The molecule has 0 atom stereocenters. The number of hydrogen-bond acceptors (Lipinski definition) is 3. The normalized spacial score (nSPS) is 10.2. The van der Waals surface area contributed by atoms with Gasteiger partial charge in [-0.25, -0.2) is 9.18 Å². The number of alkyl halides is 2. The van der Waals surface area contributed by atoms with E-state index in [-0.39, 0.29) is 0 Å². The standard InChI is InChI=1S/C9H5F3O4/c10-6-3-4(16-9(11)12)1-2-5(6)7(13)8(14)15/h1-3,9H,(H,14,15). The molecule has 0 amide bonds. The van der Waals surface area contributed by atoms with Gasteiger partial charge in [0.15, 0.2) is 0 Å². The van der Waals surface area contributed by atoms with Crippen molar-refractivity contribution in [1.82, 2.24) is 0 Å². The lowest BCUT2D eigenvalue weighted by Crippen LogP contribution is -2.14. The molecule has 0 saturated heterocycles. The van der Waals surface area contributed by atoms with E-state index in [1.54, 1.807) is 0 Å². The molecule has 1 aromatic carbocycles. The number of halogens is 3. The minimum atomic E-state index is -3.12. The van der Waals surface area contributed by atoms with Crippen molar-refractivity contribution in [2.75, 3.05) is 0 Å². The number of Topliss-reactive ketones (excluding diaryl/α,β-unsaturated/α-hetero) is 1. The van der Waals surface area contributed by atoms with E-state index in [0.29, 0.717) is 6.07 Å². The fraction of sp³-hybridized carbons (Fsp3) is 0.111. The fourth-order valence-electron chi connectivity index (χ4n) is 0.971. The number of carboxylic acids is 1. The summed E-state index contributed by atoms with van der Waals surface area (Å²) in [4.78, 5) is 21.1. The molecule has 0 aromatic heterocycles.